The zero-order chi connectivity index (χ0) is 16.4. The van der Waals surface area contributed by atoms with Crippen molar-refractivity contribution in [3.05, 3.63) is 55.3 Å². The highest BCUT2D eigenvalue weighted by molar-refractivity contribution is 9.10. The van der Waals surface area contributed by atoms with Crippen LogP contribution in [0.25, 0.3) is 0 Å². The van der Waals surface area contributed by atoms with Crippen LogP contribution in [0.3, 0.4) is 0 Å². The Morgan fingerprint density at radius 1 is 1.45 bits per heavy atom. The lowest BCUT2D eigenvalue weighted by Crippen LogP contribution is -2.05. The molecule has 0 aliphatic heterocycles. The lowest BCUT2D eigenvalue weighted by molar-refractivity contribution is -0.384. The average molecular weight is 386 g/mol. The smallest absolute Gasteiger partial charge is 0.296 e. The van der Waals surface area contributed by atoms with Crippen LogP contribution >= 0.6 is 27.5 Å². The maximum absolute atomic E-state index is 14.3. The summed E-state index contributed by atoms with van der Waals surface area (Å²) in [5.74, 6) is -1.08. The van der Waals surface area contributed by atoms with Gasteiger partial charge in [0.1, 0.15) is 11.8 Å². The van der Waals surface area contributed by atoms with Gasteiger partial charge in [0.2, 0.25) is 0 Å². The average Bonchev–Trinajstić information content (AvgIpc) is 2.46. The van der Waals surface area contributed by atoms with E-state index in [0.29, 0.717) is 10.2 Å². The Hall–Kier alpha value is -2.37. The van der Waals surface area contributed by atoms with Crippen molar-refractivity contribution in [2.24, 2.45) is 0 Å². The largest absolute Gasteiger partial charge is 0.391 e. The molecular weight excluding hydrogens is 379 g/mol. The minimum absolute atomic E-state index is 0.252. The second-order valence-electron chi connectivity index (χ2n) is 4.16. The number of nitrogens with zero attached hydrogens (tertiary/aromatic N) is 2. The van der Waals surface area contributed by atoms with Crippen LogP contribution in [0.4, 0.5) is 27.1 Å². The first-order valence-corrected chi connectivity index (χ1v) is 6.90. The molecular formula is C13H7BrClFN4O2. The number of nitriles is 1. The summed E-state index contributed by atoms with van der Waals surface area (Å²) in [7, 11) is 0. The first kappa shape index (κ1) is 16.0. The van der Waals surface area contributed by atoms with Gasteiger partial charge in [-0.3, -0.25) is 10.1 Å². The number of nitrogens with one attached hydrogen (secondary N) is 1. The quantitative estimate of drug-likeness (QED) is 0.464. The van der Waals surface area contributed by atoms with E-state index in [1.165, 1.54) is 0 Å². The molecule has 0 aliphatic rings. The van der Waals surface area contributed by atoms with Gasteiger partial charge in [0.15, 0.2) is 5.82 Å². The summed E-state index contributed by atoms with van der Waals surface area (Å²) in [6, 6.07) is 7.40. The molecule has 0 amide bonds. The number of nitro benzene ring substituents is 1. The molecule has 0 aromatic heterocycles. The van der Waals surface area contributed by atoms with E-state index in [9.17, 15) is 14.5 Å². The molecule has 6 nitrogen and oxygen atoms in total. The van der Waals surface area contributed by atoms with Crippen LogP contribution in [-0.4, -0.2) is 4.92 Å². The van der Waals surface area contributed by atoms with Crippen molar-refractivity contribution < 1.29 is 9.31 Å². The van der Waals surface area contributed by atoms with Crippen molar-refractivity contribution in [2.75, 3.05) is 11.1 Å². The highest BCUT2D eigenvalue weighted by Crippen LogP contribution is 2.36. The standard InChI is InChI=1S/C13H7BrClFN4O2/c14-7-1-2-9(8(15)4-7)19-13-6(5-17)3-10(20(21)22)12(18)11(13)16/h1-4,19H,18H2. The second-order valence-corrected chi connectivity index (χ2v) is 5.49. The van der Waals surface area contributed by atoms with Crippen molar-refractivity contribution in [1.29, 1.82) is 5.26 Å². The van der Waals surface area contributed by atoms with Gasteiger partial charge in [-0.15, -0.1) is 0 Å². The van der Waals surface area contributed by atoms with Crippen LogP contribution in [-0.2, 0) is 0 Å². The fraction of sp³-hybridized carbons (Fsp3) is 0. The Kier molecular flexibility index (Phi) is 4.49. The van der Waals surface area contributed by atoms with Crippen molar-refractivity contribution in [3.8, 4) is 6.07 Å². The van der Waals surface area contributed by atoms with E-state index < -0.39 is 22.1 Å². The number of anilines is 3. The van der Waals surface area contributed by atoms with Gasteiger partial charge in [-0.25, -0.2) is 4.39 Å². The summed E-state index contributed by atoms with van der Waals surface area (Å²) >= 11 is 9.24. The number of nitrogen functional groups attached to an aromatic ring is 1. The summed E-state index contributed by atoms with van der Waals surface area (Å²) in [4.78, 5) is 9.95. The van der Waals surface area contributed by atoms with Crippen LogP contribution in [0, 0.1) is 27.3 Å². The molecule has 112 valence electrons. The minimum Gasteiger partial charge on any atom is -0.391 e. The molecule has 0 unspecified atom stereocenters. The van der Waals surface area contributed by atoms with Gasteiger partial charge in [0.25, 0.3) is 5.69 Å². The van der Waals surface area contributed by atoms with Gasteiger partial charge in [-0.1, -0.05) is 27.5 Å². The Morgan fingerprint density at radius 3 is 2.68 bits per heavy atom. The minimum atomic E-state index is -1.08. The molecule has 0 fully saturated rings. The van der Waals surface area contributed by atoms with Gasteiger partial charge >= 0.3 is 0 Å². The third-order valence-electron chi connectivity index (χ3n) is 2.79. The maximum Gasteiger partial charge on any atom is 0.296 e. The van der Waals surface area contributed by atoms with Crippen LogP contribution in [0.2, 0.25) is 5.02 Å². The predicted molar refractivity (Wildman–Crippen MR) is 84.6 cm³/mol. The monoisotopic (exact) mass is 384 g/mol. The summed E-state index contributed by atoms with van der Waals surface area (Å²) < 4.78 is 15.0. The topological polar surface area (TPSA) is 105 Å². The van der Waals surface area contributed by atoms with Gasteiger partial charge < -0.3 is 11.1 Å². The number of halogens is 3. The van der Waals surface area contributed by atoms with E-state index in [4.69, 9.17) is 22.6 Å². The maximum atomic E-state index is 14.3. The molecule has 22 heavy (non-hydrogen) atoms. The molecule has 0 bridgehead atoms. The Balaban J connectivity index is 2.58. The van der Waals surface area contributed by atoms with E-state index in [-0.39, 0.29) is 16.3 Å². The molecule has 2 aromatic carbocycles. The van der Waals surface area contributed by atoms with Crippen molar-refractivity contribution in [1.82, 2.24) is 0 Å². The lowest BCUT2D eigenvalue weighted by Gasteiger charge is -2.12. The Bertz CT molecular complexity index is 823. The fourth-order valence-corrected chi connectivity index (χ4v) is 2.46. The molecule has 0 aliphatic carbocycles. The number of hydrogen-bond acceptors (Lipinski definition) is 5. The first-order chi connectivity index (χ1) is 10.3. The molecule has 0 saturated carbocycles. The SMILES string of the molecule is N#Cc1cc([N+](=O)[O-])c(N)c(F)c1Nc1ccc(Br)cc1Cl. The van der Waals surface area contributed by atoms with E-state index in [1.807, 2.05) is 0 Å². The van der Waals surface area contributed by atoms with E-state index in [2.05, 4.69) is 21.2 Å². The molecule has 0 saturated heterocycles. The molecule has 0 heterocycles. The van der Waals surface area contributed by atoms with E-state index >= 15 is 0 Å². The van der Waals surface area contributed by atoms with Gasteiger partial charge in [-0.2, -0.15) is 5.26 Å². The first-order valence-electron chi connectivity index (χ1n) is 5.73. The fourth-order valence-electron chi connectivity index (χ4n) is 1.74. The zero-order valence-electron chi connectivity index (χ0n) is 10.7. The molecule has 0 atom stereocenters. The van der Waals surface area contributed by atoms with E-state index in [1.54, 1.807) is 24.3 Å². The third kappa shape index (κ3) is 2.95. The highest BCUT2D eigenvalue weighted by atomic mass is 79.9. The predicted octanol–water partition coefficient (Wildman–Crippen LogP) is 4.35. The number of rotatable bonds is 3. The summed E-state index contributed by atoms with van der Waals surface area (Å²) in [5, 5.41) is 22.8. The number of nitrogens with two attached hydrogens (primary N) is 1. The van der Waals surface area contributed by atoms with Crippen LogP contribution in [0.1, 0.15) is 5.56 Å². The highest BCUT2D eigenvalue weighted by Gasteiger charge is 2.23. The number of nitro groups is 1. The normalized spacial score (nSPS) is 10.1. The molecule has 0 radical (unpaired) electrons. The summed E-state index contributed by atoms with van der Waals surface area (Å²) in [6.07, 6.45) is 0. The third-order valence-corrected chi connectivity index (χ3v) is 3.60. The van der Waals surface area contributed by atoms with Crippen molar-refractivity contribution >= 4 is 50.3 Å². The van der Waals surface area contributed by atoms with Gasteiger partial charge in [-0.05, 0) is 18.2 Å². The van der Waals surface area contributed by atoms with Crippen molar-refractivity contribution in [3.63, 3.8) is 0 Å². The van der Waals surface area contributed by atoms with Crippen LogP contribution < -0.4 is 11.1 Å². The summed E-state index contributed by atoms with van der Waals surface area (Å²) in [5.41, 5.74) is 3.91. The number of hydrogen-bond donors (Lipinski definition) is 2. The zero-order valence-corrected chi connectivity index (χ0v) is 13.1. The Labute approximate surface area is 137 Å². The van der Waals surface area contributed by atoms with E-state index in [0.717, 1.165) is 6.07 Å². The second kappa shape index (κ2) is 6.17. The van der Waals surface area contributed by atoms with Gasteiger partial charge in [0, 0.05) is 10.5 Å². The summed E-state index contributed by atoms with van der Waals surface area (Å²) in [6.45, 7) is 0. The van der Waals surface area contributed by atoms with Crippen LogP contribution in [0.5, 0.6) is 0 Å². The van der Waals surface area contributed by atoms with Gasteiger partial charge in [0.05, 0.1) is 26.9 Å². The molecule has 2 rings (SSSR count). The molecule has 3 N–H and O–H groups in total. The van der Waals surface area contributed by atoms with Crippen LogP contribution in [0.15, 0.2) is 28.7 Å². The number of benzene rings is 2. The molecule has 2 aromatic rings. The molecule has 0 spiro atoms. The van der Waals surface area contributed by atoms with Crippen molar-refractivity contribution in [2.45, 2.75) is 0 Å². The lowest BCUT2D eigenvalue weighted by atomic mass is 10.1. The molecule has 9 heteroatoms. The Morgan fingerprint density at radius 2 is 2.14 bits per heavy atom.